The Labute approximate surface area is 88.8 Å². The van der Waals surface area contributed by atoms with Crippen molar-refractivity contribution in [3.8, 4) is 0 Å². The molecule has 1 rings (SSSR count). The molecule has 1 aromatic rings. The first-order valence-electron chi connectivity index (χ1n) is 4.88. The molecule has 0 fully saturated rings. The fourth-order valence-electron chi connectivity index (χ4n) is 1.20. The van der Waals surface area contributed by atoms with Crippen LogP contribution in [0.25, 0.3) is 0 Å². The van der Waals surface area contributed by atoms with Gasteiger partial charge < -0.3 is 16.3 Å². The zero-order valence-corrected chi connectivity index (χ0v) is 8.85. The molecular formula is C9H17N5O. The number of hydrogen-bond donors (Lipinski definition) is 3. The average Bonchev–Trinajstić information content (AvgIpc) is 2.63. The lowest BCUT2D eigenvalue weighted by Gasteiger charge is -2.01. The summed E-state index contributed by atoms with van der Waals surface area (Å²) in [7, 11) is 1.90. The van der Waals surface area contributed by atoms with Crippen LogP contribution in [0.5, 0.6) is 0 Å². The maximum atomic E-state index is 8.29. The number of amidine groups is 1. The fourth-order valence-corrected chi connectivity index (χ4v) is 1.20. The summed E-state index contributed by atoms with van der Waals surface area (Å²) in [5.74, 6) is 0.250. The van der Waals surface area contributed by atoms with Gasteiger partial charge in [-0.1, -0.05) is 5.16 Å². The normalized spacial score (nSPS) is 11.9. The van der Waals surface area contributed by atoms with Crippen molar-refractivity contribution in [2.75, 3.05) is 13.1 Å². The molecule has 84 valence electrons. The predicted molar refractivity (Wildman–Crippen MR) is 57.8 cm³/mol. The second-order valence-corrected chi connectivity index (χ2v) is 3.32. The van der Waals surface area contributed by atoms with E-state index < -0.39 is 0 Å². The summed E-state index contributed by atoms with van der Waals surface area (Å²) >= 11 is 0. The van der Waals surface area contributed by atoms with E-state index >= 15 is 0 Å². The molecule has 0 bridgehead atoms. The number of nitrogens with zero attached hydrogens (tertiary/aromatic N) is 3. The predicted octanol–water partition coefficient (Wildman–Crippen LogP) is -0.311. The van der Waals surface area contributed by atoms with Crippen LogP contribution in [0.15, 0.2) is 17.4 Å². The molecule has 6 heteroatoms. The van der Waals surface area contributed by atoms with Gasteiger partial charge in [0.15, 0.2) is 0 Å². The topological polar surface area (TPSA) is 88.5 Å². The van der Waals surface area contributed by atoms with Gasteiger partial charge in [-0.15, -0.1) is 0 Å². The summed E-state index contributed by atoms with van der Waals surface area (Å²) in [4.78, 5) is 0. The molecule has 4 N–H and O–H groups in total. The number of aryl methyl sites for hydroxylation is 1. The van der Waals surface area contributed by atoms with Crippen molar-refractivity contribution in [2.24, 2.45) is 17.9 Å². The van der Waals surface area contributed by atoms with Crippen LogP contribution < -0.4 is 11.1 Å². The molecule has 0 aliphatic rings. The summed E-state index contributed by atoms with van der Waals surface area (Å²) in [6, 6.07) is 1.99. The van der Waals surface area contributed by atoms with Crippen molar-refractivity contribution in [3.05, 3.63) is 18.0 Å². The molecule has 1 heterocycles. The largest absolute Gasteiger partial charge is 0.409 e. The van der Waals surface area contributed by atoms with Gasteiger partial charge in [0.2, 0.25) is 0 Å². The average molecular weight is 211 g/mol. The van der Waals surface area contributed by atoms with Gasteiger partial charge in [0.25, 0.3) is 0 Å². The first kappa shape index (κ1) is 11.5. The highest BCUT2D eigenvalue weighted by Crippen LogP contribution is 1.93. The van der Waals surface area contributed by atoms with E-state index in [0.717, 1.165) is 18.7 Å². The van der Waals surface area contributed by atoms with E-state index in [-0.39, 0.29) is 5.84 Å². The minimum atomic E-state index is 0.250. The summed E-state index contributed by atoms with van der Waals surface area (Å²) in [5, 5.41) is 18.6. The van der Waals surface area contributed by atoms with E-state index in [1.54, 1.807) is 4.68 Å². The second kappa shape index (κ2) is 6.02. The Kier molecular flexibility index (Phi) is 4.62. The Hall–Kier alpha value is -1.56. The number of nitrogens with one attached hydrogen (secondary N) is 1. The number of rotatable bonds is 6. The molecule has 0 atom stereocenters. The highest BCUT2D eigenvalue weighted by Gasteiger charge is 1.96. The van der Waals surface area contributed by atoms with Gasteiger partial charge in [-0.2, -0.15) is 5.10 Å². The third-order valence-electron chi connectivity index (χ3n) is 2.01. The van der Waals surface area contributed by atoms with Crippen LogP contribution >= 0.6 is 0 Å². The van der Waals surface area contributed by atoms with E-state index in [2.05, 4.69) is 15.6 Å². The zero-order valence-electron chi connectivity index (χ0n) is 8.85. The van der Waals surface area contributed by atoms with E-state index in [9.17, 15) is 0 Å². The second-order valence-electron chi connectivity index (χ2n) is 3.32. The molecule has 0 aromatic carbocycles. The van der Waals surface area contributed by atoms with Crippen molar-refractivity contribution < 1.29 is 5.21 Å². The van der Waals surface area contributed by atoms with Crippen molar-refractivity contribution in [3.63, 3.8) is 0 Å². The third-order valence-corrected chi connectivity index (χ3v) is 2.01. The van der Waals surface area contributed by atoms with Crippen LogP contribution in [0.1, 0.15) is 12.1 Å². The Morgan fingerprint density at radius 1 is 1.67 bits per heavy atom. The Balaban J connectivity index is 2.07. The van der Waals surface area contributed by atoms with Crippen LogP contribution in [0.3, 0.4) is 0 Å². The lowest BCUT2D eigenvalue weighted by molar-refractivity contribution is 0.316. The molecule has 0 unspecified atom stereocenters. The van der Waals surface area contributed by atoms with E-state index in [1.807, 2.05) is 19.3 Å². The number of hydrogen-bond acceptors (Lipinski definition) is 4. The van der Waals surface area contributed by atoms with Crippen LogP contribution in [0.4, 0.5) is 0 Å². The van der Waals surface area contributed by atoms with Crippen LogP contribution in [0.2, 0.25) is 0 Å². The van der Waals surface area contributed by atoms with E-state index in [1.165, 1.54) is 0 Å². The molecule has 1 aromatic heterocycles. The van der Waals surface area contributed by atoms with Crippen molar-refractivity contribution in [1.82, 2.24) is 15.1 Å². The number of aromatic nitrogens is 2. The maximum absolute atomic E-state index is 8.29. The Morgan fingerprint density at radius 2 is 2.47 bits per heavy atom. The zero-order chi connectivity index (χ0) is 11.1. The smallest absolute Gasteiger partial charge is 0.140 e. The highest BCUT2D eigenvalue weighted by atomic mass is 16.4. The SMILES string of the molecule is Cn1ccc(CCNCC/C(N)=N/O)n1. The van der Waals surface area contributed by atoms with Gasteiger partial charge in [0, 0.05) is 39.2 Å². The van der Waals surface area contributed by atoms with E-state index in [4.69, 9.17) is 10.9 Å². The molecule has 0 aliphatic heterocycles. The Bertz CT molecular complexity index is 320. The monoisotopic (exact) mass is 211 g/mol. The molecule has 0 amide bonds. The molecule has 15 heavy (non-hydrogen) atoms. The summed E-state index contributed by atoms with van der Waals surface area (Å²) in [5.41, 5.74) is 6.38. The first-order chi connectivity index (χ1) is 7.22. The van der Waals surface area contributed by atoms with Crippen LogP contribution in [0, 0.1) is 0 Å². The van der Waals surface area contributed by atoms with Gasteiger partial charge in [-0.05, 0) is 6.07 Å². The standard InChI is InChI=1S/C9H17N5O/c1-14-7-4-8(12-14)2-5-11-6-3-9(10)13-15/h4,7,11,15H,2-3,5-6H2,1H3,(H2,10,13). The van der Waals surface area contributed by atoms with Crippen LogP contribution in [-0.4, -0.2) is 33.9 Å². The minimum absolute atomic E-state index is 0.250. The molecule has 0 radical (unpaired) electrons. The van der Waals surface area contributed by atoms with Crippen LogP contribution in [-0.2, 0) is 13.5 Å². The lowest BCUT2D eigenvalue weighted by atomic mass is 10.3. The third kappa shape index (κ3) is 4.46. The first-order valence-corrected chi connectivity index (χ1v) is 4.88. The maximum Gasteiger partial charge on any atom is 0.140 e. The fraction of sp³-hybridized carbons (Fsp3) is 0.556. The van der Waals surface area contributed by atoms with E-state index in [0.29, 0.717) is 13.0 Å². The minimum Gasteiger partial charge on any atom is -0.409 e. The number of nitrogens with two attached hydrogens (primary N) is 1. The van der Waals surface area contributed by atoms with Gasteiger partial charge in [0.1, 0.15) is 5.84 Å². The summed E-state index contributed by atoms with van der Waals surface area (Å²) < 4.78 is 1.78. The van der Waals surface area contributed by atoms with Crippen molar-refractivity contribution in [2.45, 2.75) is 12.8 Å². The summed E-state index contributed by atoms with van der Waals surface area (Å²) in [6.07, 6.45) is 3.36. The molecular weight excluding hydrogens is 194 g/mol. The number of oxime groups is 1. The Morgan fingerprint density at radius 3 is 3.07 bits per heavy atom. The highest BCUT2D eigenvalue weighted by molar-refractivity contribution is 5.79. The van der Waals surface area contributed by atoms with Gasteiger partial charge in [-0.25, -0.2) is 0 Å². The molecule has 6 nitrogen and oxygen atoms in total. The van der Waals surface area contributed by atoms with Gasteiger partial charge in [-0.3, -0.25) is 4.68 Å². The van der Waals surface area contributed by atoms with Crippen molar-refractivity contribution in [1.29, 1.82) is 0 Å². The summed E-state index contributed by atoms with van der Waals surface area (Å²) in [6.45, 7) is 1.55. The van der Waals surface area contributed by atoms with Gasteiger partial charge >= 0.3 is 0 Å². The van der Waals surface area contributed by atoms with Crippen molar-refractivity contribution >= 4 is 5.84 Å². The van der Waals surface area contributed by atoms with Gasteiger partial charge in [0.05, 0.1) is 5.69 Å². The quantitative estimate of drug-likeness (QED) is 0.198. The molecule has 0 saturated carbocycles. The molecule has 0 aliphatic carbocycles. The molecule has 0 saturated heterocycles. The molecule has 0 spiro atoms. The lowest BCUT2D eigenvalue weighted by Crippen LogP contribution is -2.24.